The number of hydrogen-bond acceptors (Lipinski definition) is 5. The third-order valence-corrected chi connectivity index (χ3v) is 6.57. The molecule has 0 spiro atoms. The number of aliphatic hydroxyl groups is 1. The number of nitrogens with two attached hydrogens (primary N) is 1. The lowest BCUT2D eigenvalue weighted by molar-refractivity contribution is 0.168. The van der Waals surface area contributed by atoms with Gasteiger partial charge in [-0.2, -0.15) is 0 Å². The zero-order chi connectivity index (χ0) is 15.5. The van der Waals surface area contributed by atoms with Crippen molar-refractivity contribution in [1.82, 2.24) is 0 Å². The summed E-state index contributed by atoms with van der Waals surface area (Å²) in [5.41, 5.74) is 0.846. The van der Waals surface area contributed by atoms with E-state index in [-0.39, 0.29) is 0 Å². The second-order valence-electron chi connectivity index (χ2n) is 4.59. The van der Waals surface area contributed by atoms with Crippen LogP contribution >= 0.6 is 11.3 Å². The maximum absolute atomic E-state index is 11.6. The molecule has 0 aliphatic rings. The number of methoxy groups -OCH3 is 1. The number of hydrogen-bond donors (Lipinski definition) is 2. The zero-order valence-corrected chi connectivity index (χ0v) is 14.0. The standard InChI is InChI=1S/C14H17NO3S3/c1-18-11-4-2-10(3-5-11)13(16)8-6-12-7-9-14(20-12)21(15,17)19/h2-5,7,9,13,16H,6,8H2,1H3,(H2,15,17,19). The van der Waals surface area contributed by atoms with Crippen LogP contribution in [0.5, 0.6) is 5.75 Å². The van der Waals surface area contributed by atoms with Gasteiger partial charge in [0.25, 0.3) is 0 Å². The Morgan fingerprint density at radius 3 is 2.52 bits per heavy atom. The molecule has 1 aromatic heterocycles. The van der Waals surface area contributed by atoms with Gasteiger partial charge in [0.15, 0.2) is 0 Å². The van der Waals surface area contributed by atoms with Crippen molar-refractivity contribution in [2.45, 2.75) is 23.2 Å². The van der Waals surface area contributed by atoms with Gasteiger partial charge in [-0.15, -0.1) is 11.3 Å². The lowest BCUT2D eigenvalue weighted by Crippen LogP contribution is -2.08. The average Bonchev–Trinajstić information content (AvgIpc) is 2.94. The predicted octanol–water partition coefficient (Wildman–Crippen LogP) is 2.40. The van der Waals surface area contributed by atoms with Gasteiger partial charge in [0, 0.05) is 16.1 Å². The molecule has 2 rings (SSSR count). The molecule has 0 saturated carbocycles. The number of thiophene rings is 1. The molecule has 0 amide bonds. The third kappa shape index (κ3) is 4.49. The first-order valence-electron chi connectivity index (χ1n) is 6.33. The molecule has 0 radical (unpaired) electrons. The van der Waals surface area contributed by atoms with Gasteiger partial charge in [-0.1, -0.05) is 12.1 Å². The lowest BCUT2D eigenvalue weighted by Gasteiger charge is -2.10. The molecule has 21 heavy (non-hydrogen) atoms. The van der Waals surface area contributed by atoms with Crippen LogP contribution in [0.2, 0.25) is 0 Å². The first-order chi connectivity index (χ1) is 9.90. The molecule has 4 nitrogen and oxygen atoms in total. The number of aryl methyl sites for hydroxylation is 1. The maximum atomic E-state index is 11.6. The summed E-state index contributed by atoms with van der Waals surface area (Å²) in [7, 11) is -1.20. The number of rotatable bonds is 6. The summed E-state index contributed by atoms with van der Waals surface area (Å²) in [6.07, 6.45) is 0.713. The highest BCUT2D eigenvalue weighted by Crippen LogP contribution is 2.26. The van der Waals surface area contributed by atoms with Gasteiger partial charge < -0.3 is 9.84 Å². The molecular weight excluding hydrogens is 326 g/mol. The van der Waals surface area contributed by atoms with E-state index in [4.69, 9.17) is 21.1 Å². The van der Waals surface area contributed by atoms with Crippen molar-refractivity contribution in [1.29, 1.82) is 0 Å². The van der Waals surface area contributed by atoms with Crippen LogP contribution in [0, 0.1) is 0 Å². The van der Waals surface area contributed by atoms with Gasteiger partial charge in [-0.05, 0) is 42.7 Å². The Balaban J connectivity index is 1.97. The van der Waals surface area contributed by atoms with Crippen LogP contribution < -0.4 is 9.88 Å². The Hall–Kier alpha value is -0.990. The van der Waals surface area contributed by atoms with E-state index in [0.717, 1.165) is 16.2 Å². The highest BCUT2D eigenvalue weighted by molar-refractivity contribution is 8.32. The summed E-state index contributed by atoms with van der Waals surface area (Å²) >= 11 is 6.10. The Kier molecular flexibility index (Phi) is 5.34. The molecule has 7 heteroatoms. The number of ether oxygens (including phenoxy) is 1. The fourth-order valence-electron chi connectivity index (χ4n) is 1.92. The second-order valence-corrected chi connectivity index (χ2v) is 9.04. The average molecular weight is 343 g/mol. The summed E-state index contributed by atoms with van der Waals surface area (Å²) in [6.45, 7) is 0. The Morgan fingerprint density at radius 1 is 1.33 bits per heavy atom. The molecule has 0 fully saturated rings. The molecule has 2 unspecified atom stereocenters. The third-order valence-electron chi connectivity index (χ3n) is 3.08. The van der Waals surface area contributed by atoms with Crippen LogP contribution in [0.1, 0.15) is 23.0 Å². The quantitative estimate of drug-likeness (QED) is 0.845. The van der Waals surface area contributed by atoms with Crippen LogP contribution in [0.25, 0.3) is 0 Å². The van der Waals surface area contributed by atoms with Gasteiger partial charge in [0.2, 0.25) is 0 Å². The van der Waals surface area contributed by atoms with Crippen molar-refractivity contribution in [2.75, 3.05) is 7.11 Å². The van der Waals surface area contributed by atoms with Crippen molar-refractivity contribution in [3.05, 3.63) is 46.8 Å². The minimum Gasteiger partial charge on any atom is -0.497 e. The first-order valence-corrected chi connectivity index (χ1v) is 9.70. The molecule has 2 atom stereocenters. The Bertz CT molecular complexity index is 693. The molecule has 1 aromatic carbocycles. The molecule has 114 valence electrons. The normalized spacial score (nSPS) is 15.4. The van der Waals surface area contributed by atoms with Gasteiger partial charge in [-0.25, -0.2) is 9.35 Å². The molecule has 2 aromatic rings. The second kappa shape index (κ2) is 6.85. The maximum Gasteiger partial charge on any atom is 0.126 e. The minimum absolute atomic E-state index is 0.520. The molecule has 0 bridgehead atoms. The Labute approximate surface area is 133 Å². The van der Waals surface area contributed by atoms with Crippen molar-refractivity contribution >= 4 is 31.2 Å². The fraction of sp³-hybridized carbons (Fsp3) is 0.286. The van der Waals surface area contributed by atoms with Gasteiger partial charge in [0.1, 0.15) is 18.6 Å². The zero-order valence-electron chi connectivity index (χ0n) is 11.5. The summed E-state index contributed by atoms with van der Waals surface area (Å²) in [6, 6.07) is 10.9. The highest BCUT2D eigenvalue weighted by Gasteiger charge is 2.11. The highest BCUT2D eigenvalue weighted by atomic mass is 32.8. The van der Waals surface area contributed by atoms with Crippen LogP contribution in [0.3, 0.4) is 0 Å². The fourth-order valence-corrected chi connectivity index (χ4v) is 4.18. The summed E-state index contributed by atoms with van der Waals surface area (Å²) in [5, 5.41) is 15.6. The predicted molar refractivity (Wildman–Crippen MR) is 88.6 cm³/mol. The molecule has 3 N–H and O–H groups in total. The van der Waals surface area contributed by atoms with E-state index in [1.54, 1.807) is 13.2 Å². The van der Waals surface area contributed by atoms with Crippen molar-refractivity contribution in [3.8, 4) is 5.75 Å². The van der Waals surface area contributed by atoms with E-state index in [9.17, 15) is 9.32 Å². The summed E-state index contributed by atoms with van der Waals surface area (Å²) in [4.78, 5) is 1.01. The van der Waals surface area contributed by atoms with E-state index in [1.165, 1.54) is 11.3 Å². The van der Waals surface area contributed by atoms with E-state index >= 15 is 0 Å². The van der Waals surface area contributed by atoms with Gasteiger partial charge in [-0.3, -0.25) is 0 Å². The summed E-state index contributed by atoms with van der Waals surface area (Å²) in [5.74, 6) is 0.761. The molecule has 0 aliphatic heterocycles. The molecule has 0 saturated heterocycles. The summed E-state index contributed by atoms with van der Waals surface area (Å²) < 4.78 is 17.2. The molecule has 1 heterocycles. The molecular formula is C14H17NO3S3. The minimum atomic E-state index is -2.80. The van der Waals surface area contributed by atoms with Gasteiger partial charge >= 0.3 is 0 Å². The van der Waals surface area contributed by atoms with E-state index in [2.05, 4.69) is 0 Å². The van der Waals surface area contributed by atoms with E-state index < -0.39 is 14.8 Å². The van der Waals surface area contributed by atoms with Crippen molar-refractivity contribution in [2.24, 2.45) is 5.14 Å². The van der Waals surface area contributed by atoms with Crippen molar-refractivity contribution < 1.29 is 14.1 Å². The SMILES string of the molecule is COc1ccc(C(O)CCc2ccc(S(N)(=O)=S)s2)cc1. The van der Waals surface area contributed by atoms with Crippen LogP contribution in [-0.4, -0.2) is 16.4 Å². The van der Waals surface area contributed by atoms with Crippen molar-refractivity contribution in [3.63, 3.8) is 0 Å². The first kappa shape index (κ1) is 16.4. The smallest absolute Gasteiger partial charge is 0.126 e. The van der Waals surface area contributed by atoms with Crippen LogP contribution in [0.15, 0.2) is 40.6 Å². The lowest BCUT2D eigenvalue weighted by atomic mass is 10.0. The monoisotopic (exact) mass is 343 g/mol. The topological polar surface area (TPSA) is 72.6 Å². The number of aliphatic hydroxyl groups excluding tert-OH is 1. The number of benzene rings is 1. The largest absolute Gasteiger partial charge is 0.497 e. The van der Waals surface area contributed by atoms with E-state index in [1.807, 2.05) is 30.3 Å². The Morgan fingerprint density at radius 2 is 2.00 bits per heavy atom. The molecule has 0 aliphatic carbocycles. The van der Waals surface area contributed by atoms with Crippen LogP contribution in [0.4, 0.5) is 0 Å². The van der Waals surface area contributed by atoms with E-state index in [0.29, 0.717) is 17.1 Å². The van der Waals surface area contributed by atoms with Crippen LogP contribution in [-0.2, 0) is 26.3 Å². The van der Waals surface area contributed by atoms with Gasteiger partial charge in [0.05, 0.1) is 13.2 Å².